The van der Waals surface area contributed by atoms with E-state index in [1.807, 2.05) is 23.9 Å². The second-order valence-electron chi connectivity index (χ2n) is 5.09. The highest BCUT2D eigenvalue weighted by atomic mass is 32.2. The zero-order chi connectivity index (χ0) is 13.8. The van der Waals surface area contributed by atoms with Crippen molar-refractivity contribution in [3.05, 3.63) is 29.8 Å². The summed E-state index contributed by atoms with van der Waals surface area (Å²) in [6.07, 6.45) is 1.16. The van der Waals surface area contributed by atoms with Gasteiger partial charge in [-0.15, -0.1) is 0 Å². The second kappa shape index (κ2) is 6.33. The Balaban J connectivity index is 2.01. The van der Waals surface area contributed by atoms with Crippen LogP contribution in [0.2, 0.25) is 0 Å². The standard InChI is InChI=1S/C15H22N2OS/c1-10-9-11(2)19-15(16-10)17-12(3)13-5-7-14(18-4)8-6-13/h5-8,10-12H,9H2,1-4H3,(H,16,17). The molecular formula is C15H22N2OS. The largest absolute Gasteiger partial charge is 0.497 e. The van der Waals surface area contributed by atoms with Crippen molar-refractivity contribution in [3.8, 4) is 5.75 Å². The average molecular weight is 278 g/mol. The van der Waals surface area contributed by atoms with E-state index in [2.05, 4.69) is 43.2 Å². The molecule has 1 aliphatic rings. The Bertz CT molecular complexity index is 444. The third-order valence-corrected chi connectivity index (χ3v) is 4.32. The van der Waals surface area contributed by atoms with E-state index in [-0.39, 0.29) is 6.04 Å². The Kier molecular flexibility index (Phi) is 4.75. The third-order valence-electron chi connectivity index (χ3n) is 3.28. The summed E-state index contributed by atoms with van der Waals surface area (Å²) >= 11 is 1.83. The highest BCUT2D eigenvalue weighted by Gasteiger charge is 2.19. The molecule has 3 atom stereocenters. The number of thioether (sulfide) groups is 1. The molecule has 0 aromatic heterocycles. The maximum atomic E-state index is 5.18. The molecule has 0 saturated carbocycles. The van der Waals surface area contributed by atoms with Gasteiger partial charge in [-0.1, -0.05) is 30.8 Å². The normalized spacial score (nSPS) is 24.5. The van der Waals surface area contributed by atoms with Crippen molar-refractivity contribution in [2.75, 3.05) is 7.11 Å². The van der Waals surface area contributed by atoms with Crippen molar-refractivity contribution >= 4 is 16.9 Å². The van der Waals surface area contributed by atoms with Crippen LogP contribution in [0.1, 0.15) is 38.8 Å². The molecule has 3 unspecified atom stereocenters. The molecule has 0 spiro atoms. The lowest BCUT2D eigenvalue weighted by Gasteiger charge is -2.25. The third kappa shape index (κ3) is 3.90. The van der Waals surface area contributed by atoms with Gasteiger partial charge in [-0.25, -0.2) is 0 Å². The van der Waals surface area contributed by atoms with Crippen LogP contribution in [0.5, 0.6) is 5.75 Å². The molecule has 0 amide bonds. The summed E-state index contributed by atoms with van der Waals surface area (Å²) in [4.78, 5) is 4.68. The van der Waals surface area contributed by atoms with Gasteiger partial charge < -0.3 is 10.1 Å². The van der Waals surface area contributed by atoms with Crippen molar-refractivity contribution in [3.63, 3.8) is 0 Å². The van der Waals surface area contributed by atoms with Gasteiger partial charge in [-0.05, 0) is 38.0 Å². The zero-order valence-electron chi connectivity index (χ0n) is 12.0. The summed E-state index contributed by atoms with van der Waals surface area (Å²) in [5, 5.41) is 5.21. The highest BCUT2D eigenvalue weighted by Crippen LogP contribution is 2.26. The van der Waals surface area contributed by atoms with Crippen LogP contribution >= 0.6 is 11.8 Å². The van der Waals surface area contributed by atoms with E-state index in [1.54, 1.807) is 7.11 Å². The van der Waals surface area contributed by atoms with Crippen molar-refractivity contribution in [2.24, 2.45) is 4.99 Å². The number of benzene rings is 1. The van der Waals surface area contributed by atoms with E-state index in [0.29, 0.717) is 11.3 Å². The molecule has 0 bridgehead atoms. The Labute approximate surface area is 119 Å². The molecule has 0 fully saturated rings. The van der Waals surface area contributed by atoms with E-state index in [0.717, 1.165) is 17.3 Å². The fourth-order valence-electron chi connectivity index (χ4n) is 2.23. The number of nitrogens with zero attached hydrogens (tertiary/aromatic N) is 1. The summed E-state index contributed by atoms with van der Waals surface area (Å²) in [5.41, 5.74) is 1.25. The minimum atomic E-state index is 0.259. The first-order valence-electron chi connectivity index (χ1n) is 6.73. The molecule has 1 aromatic carbocycles. The maximum absolute atomic E-state index is 5.18. The number of nitrogens with one attached hydrogen (secondary N) is 1. The summed E-state index contributed by atoms with van der Waals surface area (Å²) in [7, 11) is 1.69. The Morgan fingerprint density at radius 3 is 2.58 bits per heavy atom. The predicted molar refractivity (Wildman–Crippen MR) is 83.1 cm³/mol. The molecule has 3 nitrogen and oxygen atoms in total. The number of hydrogen-bond acceptors (Lipinski definition) is 4. The first-order chi connectivity index (χ1) is 9.08. The summed E-state index contributed by atoms with van der Waals surface area (Å²) in [6, 6.07) is 8.86. The van der Waals surface area contributed by atoms with Gasteiger partial charge in [-0.2, -0.15) is 0 Å². The van der Waals surface area contributed by atoms with E-state index in [9.17, 15) is 0 Å². The Hall–Kier alpha value is -1.16. The molecule has 0 radical (unpaired) electrons. The van der Waals surface area contributed by atoms with Crippen molar-refractivity contribution in [1.29, 1.82) is 0 Å². The van der Waals surface area contributed by atoms with Gasteiger partial charge in [0.2, 0.25) is 0 Å². The molecule has 4 heteroatoms. The quantitative estimate of drug-likeness (QED) is 0.917. The molecule has 2 rings (SSSR count). The number of ether oxygens (including phenoxy) is 1. The first kappa shape index (κ1) is 14.3. The van der Waals surface area contributed by atoms with Crippen LogP contribution in [0.4, 0.5) is 0 Å². The van der Waals surface area contributed by atoms with Crippen LogP contribution in [-0.4, -0.2) is 23.6 Å². The van der Waals surface area contributed by atoms with Crippen LogP contribution < -0.4 is 10.1 Å². The van der Waals surface area contributed by atoms with Crippen LogP contribution in [0.3, 0.4) is 0 Å². The van der Waals surface area contributed by atoms with E-state index >= 15 is 0 Å². The molecular weight excluding hydrogens is 256 g/mol. The van der Waals surface area contributed by atoms with Crippen LogP contribution in [-0.2, 0) is 0 Å². The zero-order valence-corrected chi connectivity index (χ0v) is 12.8. The Morgan fingerprint density at radius 1 is 1.32 bits per heavy atom. The van der Waals surface area contributed by atoms with E-state index < -0.39 is 0 Å². The predicted octanol–water partition coefficient (Wildman–Crippen LogP) is 3.62. The molecule has 0 aliphatic carbocycles. The highest BCUT2D eigenvalue weighted by molar-refractivity contribution is 8.14. The Morgan fingerprint density at radius 2 is 2.00 bits per heavy atom. The number of amidine groups is 1. The fourth-order valence-corrected chi connectivity index (χ4v) is 3.48. The van der Waals surface area contributed by atoms with Gasteiger partial charge in [0.15, 0.2) is 5.17 Å². The topological polar surface area (TPSA) is 33.6 Å². The van der Waals surface area contributed by atoms with Crippen LogP contribution in [0, 0.1) is 0 Å². The molecule has 1 aliphatic heterocycles. The van der Waals surface area contributed by atoms with Crippen LogP contribution in [0.25, 0.3) is 0 Å². The maximum Gasteiger partial charge on any atom is 0.157 e. The monoisotopic (exact) mass is 278 g/mol. The minimum Gasteiger partial charge on any atom is -0.497 e. The van der Waals surface area contributed by atoms with Crippen molar-refractivity contribution in [1.82, 2.24) is 5.32 Å². The van der Waals surface area contributed by atoms with Gasteiger partial charge in [-0.3, -0.25) is 4.99 Å². The lowest BCUT2D eigenvalue weighted by molar-refractivity contribution is 0.414. The second-order valence-corrected chi connectivity index (χ2v) is 6.51. The minimum absolute atomic E-state index is 0.259. The van der Waals surface area contributed by atoms with Gasteiger partial charge >= 0.3 is 0 Å². The fraction of sp³-hybridized carbons (Fsp3) is 0.533. The molecule has 104 valence electrons. The SMILES string of the molecule is COc1ccc(C(C)NC2=NC(C)CC(C)S2)cc1. The van der Waals surface area contributed by atoms with Crippen molar-refractivity contribution in [2.45, 2.75) is 44.5 Å². The summed E-state index contributed by atoms with van der Waals surface area (Å²) < 4.78 is 5.18. The van der Waals surface area contributed by atoms with E-state index in [4.69, 9.17) is 4.74 Å². The average Bonchev–Trinajstić information content (AvgIpc) is 2.37. The smallest absolute Gasteiger partial charge is 0.157 e. The molecule has 1 N–H and O–H groups in total. The van der Waals surface area contributed by atoms with E-state index in [1.165, 1.54) is 5.56 Å². The summed E-state index contributed by atoms with van der Waals surface area (Å²) in [6.45, 7) is 6.60. The summed E-state index contributed by atoms with van der Waals surface area (Å²) in [5.74, 6) is 0.891. The van der Waals surface area contributed by atoms with Gasteiger partial charge in [0.05, 0.1) is 19.2 Å². The molecule has 0 saturated heterocycles. The van der Waals surface area contributed by atoms with Crippen LogP contribution in [0.15, 0.2) is 29.3 Å². The number of rotatable bonds is 3. The van der Waals surface area contributed by atoms with Crippen molar-refractivity contribution < 1.29 is 4.74 Å². The number of hydrogen-bond donors (Lipinski definition) is 1. The molecule has 1 aromatic rings. The lowest BCUT2D eigenvalue weighted by Crippen LogP contribution is -2.30. The van der Waals surface area contributed by atoms with Gasteiger partial charge in [0.25, 0.3) is 0 Å². The number of methoxy groups -OCH3 is 1. The van der Waals surface area contributed by atoms with Gasteiger partial charge in [0.1, 0.15) is 5.75 Å². The first-order valence-corrected chi connectivity index (χ1v) is 7.61. The molecule has 19 heavy (non-hydrogen) atoms. The molecule has 1 heterocycles. The lowest BCUT2D eigenvalue weighted by atomic mass is 10.1. The number of aliphatic imine (C=N–C) groups is 1. The van der Waals surface area contributed by atoms with Gasteiger partial charge in [0, 0.05) is 5.25 Å².